The molecule has 1 atom stereocenters. The van der Waals surface area contributed by atoms with Gasteiger partial charge in [0.25, 0.3) is 0 Å². The first-order valence-electron chi connectivity index (χ1n) is 3.98. The summed E-state index contributed by atoms with van der Waals surface area (Å²) in [7, 11) is 1.38. The van der Waals surface area contributed by atoms with Crippen molar-refractivity contribution in [2.45, 2.75) is 30.9 Å². The summed E-state index contributed by atoms with van der Waals surface area (Å²) in [5.41, 5.74) is 0. The van der Waals surface area contributed by atoms with Crippen LogP contribution < -0.4 is 0 Å². The van der Waals surface area contributed by atoms with Crippen molar-refractivity contribution in [1.82, 2.24) is 0 Å². The van der Waals surface area contributed by atoms with Gasteiger partial charge in [-0.15, -0.1) is 0 Å². The molecule has 1 unspecified atom stereocenters. The summed E-state index contributed by atoms with van der Waals surface area (Å²) in [6.07, 6.45) is 2.78. The molecular formula is C8H12O3S. The Kier molecular flexibility index (Phi) is 3.59. The molecule has 0 aliphatic carbocycles. The van der Waals surface area contributed by atoms with Crippen LogP contribution in [0.25, 0.3) is 0 Å². The fraction of sp³-hybridized carbons (Fsp3) is 0.750. The molecule has 0 aromatic carbocycles. The molecule has 1 aliphatic heterocycles. The van der Waals surface area contributed by atoms with Crippen molar-refractivity contribution in [3.05, 3.63) is 0 Å². The summed E-state index contributed by atoms with van der Waals surface area (Å²) in [5.74, 6) is -0.185. The van der Waals surface area contributed by atoms with E-state index in [1.54, 1.807) is 0 Å². The number of hydrogen-bond donors (Lipinski definition) is 0. The van der Waals surface area contributed by atoms with Crippen LogP contribution in [0.1, 0.15) is 25.7 Å². The number of thioether (sulfide) groups is 1. The Labute approximate surface area is 75.8 Å². The number of esters is 1. The van der Waals surface area contributed by atoms with E-state index in [2.05, 4.69) is 4.74 Å². The maximum atomic E-state index is 10.8. The second-order valence-corrected chi connectivity index (χ2v) is 4.12. The smallest absolute Gasteiger partial charge is 0.305 e. The normalized spacial score (nSPS) is 22.8. The Morgan fingerprint density at radius 3 is 3.00 bits per heavy atom. The van der Waals surface area contributed by atoms with Gasteiger partial charge >= 0.3 is 5.97 Å². The number of carbonyl (C=O) groups is 2. The predicted molar refractivity (Wildman–Crippen MR) is 46.9 cm³/mol. The van der Waals surface area contributed by atoms with Crippen LogP contribution in [0.3, 0.4) is 0 Å². The molecule has 0 aromatic heterocycles. The van der Waals surface area contributed by atoms with Crippen LogP contribution in [0.4, 0.5) is 0 Å². The van der Waals surface area contributed by atoms with Crippen LogP contribution in [-0.2, 0) is 14.3 Å². The minimum Gasteiger partial charge on any atom is -0.469 e. The Morgan fingerprint density at radius 1 is 1.75 bits per heavy atom. The van der Waals surface area contributed by atoms with E-state index in [0.717, 1.165) is 12.8 Å². The van der Waals surface area contributed by atoms with Gasteiger partial charge in [0.15, 0.2) is 5.12 Å². The molecule has 0 bridgehead atoms. The molecule has 12 heavy (non-hydrogen) atoms. The van der Waals surface area contributed by atoms with Crippen molar-refractivity contribution in [1.29, 1.82) is 0 Å². The topological polar surface area (TPSA) is 43.4 Å². The summed E-state index contributed by atoms with van der Waals surface area (Å²) in [6.45, 7) is 0. The number of methoxy groups -OCH3 is 1. The van der Waals surface area contributed by atoms with E-state index in [4.69, 9.17) is 0 Å². The molecule has 1 aliphatic rings. The molecule has 1 heterocycles. The first-order chi connectivity index (χ1) is 5.72. The van der Waals surface area contributed by atoms with Gasteiger partial charge in [-0.3, -0.25) is 9.59 Å². The van der Waals surface area contributed by atoms with Crippen molar-refractivity contribution in [2.75, 3.05) is 7.11 Å². The minimum atomic E-state index is -0.185. The van der Waals surface area contributed by atoms with Gasteiger partial charge in [-0.25, -0.2) is 0 Å². The zero-order valence-corrected chi connectivity index (χ0v) is 7.86. The van der Waals surface area contributed by atoms with E-state index < -0.39 is 0 Å². The third-order valence-electron chi connectivity index (χ3n) is 1.87. The van der Waals surface area contributed by atoms with E-state index in [9.17, 15) is 9.59 Å². The van der Waals surface area contributed by atoms with Crippen molar-refractivity contribution < 1.29 is 14.3 Å². The van der Waals surface area contributed by atoms with E-state index in [-0.39, 0.29) is 11.1 Å². The molecule has 1 saturated heterocycles. The van der Waals surface area contributed by atoms with Crippen molar-refractivity contribution in [3.63, 3.8) is 0 Å². The molecule has 0 aromatic rings. The molecule has 0 saturated carbocycles. The van der Waals surface area contributed by atoms with E-state index in [1.165, 1.54) is 18.9 Å². The quantitative estimate of drug-likeness (QED) is 0.627. The summed E-state index contributed by atoms with van der Waals surface area (Å²) in [6, 6.07) is 0. The standard InChI is InChI=1S/C8H12O3S/c1-11-7(9)4-2-6-3-5-8(10)12-6/h6H,2-5H2,1H3. The zero-order valence-electron chi connectivity index (χ0n) is 7.04. The van der Waals surface area contributed by atoms with E-state index in [1.807, 2.05) is 0 Å². The lowest BCUT2D eigenvalue weighted by molar-refractivity contribution is -0.140. The second kappa shape index (κ2) is 4.50. The number of carbonyl (C=O) groups excluding carboxylic acids is 2. The molecule has 4 heteroatoms. The summed E-state index contributed by atoms with van der Waals surface area (Å²) in [5, 5.41) is 0.599. The molecule has 0 spiro atoms. The van der Waals surface area contributed by atoms with Gasteiger partial charge in [0.2, 0.25) is 0 Å². The highest BCUT2D eigenvalue weighted by Gasteiger charge is 2.23. The fourth-order valence-electron chi connectivity index (χ4n) is 1.17. The van der Waals surface area contributed by atoms with Crippen LogP contribution in [-0.4, -0.2) is 23.4 Å². The van der Waals surface area contributed by atoms with Crippen LogP contribution >= 0.6 is 11.8 Å². The highest BCUT2D eigenvalue weighted by molar-refractivity contribution is 8.14. The first kappa shape index (κ1) is 9.58. The maximum absolute atomic E-state index is 10.8. The highest BCUT2D eigenvalue weighted by Crippen LogP contribution is 2.30. The predicted octanol–water partition coefficient (Wildman–Crippen LogP) is 1.36. The molecule has 1 rings (SSSR count). The third kappa shape index (κ3) is 2.85. The molecule has 3 nitrogen and oxygen atoms in total. The number of hydrogen-bond acceptors (Lipinski definition) is 4. The van der Waals surface area contributed by atoms with Gasteiger partial charge in [0, 0.05) is 18.1 Å². The molecule has 0 N–H and O–H groups in total. The Hall–Kier alpha value is -0.510. The van der Waals surface area contributed by atoms with Crippen molar-refractivity contribution in [2.24, 2.45) is 0 Å². The lowest BCUT2D eigenvalue weighted by Crippen LogP contribution is -2.05. The van der Waals surface area contributed by atoms with Gasteiger partial charge in [-0.05, 0) is 12.8 Å². The number of ether oxygens (including phenoxy) is 1. The lowest BCUT2D eigenvalue weighted by atomic mass is 10.1. The van der Waals surface area contributed by atoms with Crippen LogP contribution in [0.2, 0.25) is 0 Å². The van der Waals surface area contributed by atoms with Crippen LogP contribution in [0.15, 0.2) is 0 Å². The Morgan fingerprint density at radius 2 is 2.50 bits per heavy atom. The van der Waals surface area contributed by atoms with Gasteiger partial charge in [-0.2, -0.15) is 0 Å². The van der Waals surface area contributed by atoms with Crippen LogP contribution in [0.5, 0.6) is 0 Å². The fourth-order valence-corrected chi connectivity index (χ4v) is 2.25. The SMILES string of the molecule is COC(=O)CCC1CCC(=O)S1. The average Bonchev–Trinajstić information content (AvgIpc) is 2.47. The van der Waals surface area contributed by atoms with Crippen molar-refractivity contribution >= 4 is 22.8 Å². The van der Waals surface area contributed by atoms with Crippen molar-refractivity contribution in [3.8, 4) is 0 Å². The van der Waals surface area contributed by atoms with E-state index >= 15 is 0 Å². The average molecular weight is 188 g/mol. The number of rotatable bonds is 3. The van der Waals surface area contributed by atoms with Gasteiger partial charge < -0.3 is 4.74 Å². The maximum Gasteiger partial charge on any atom is 0.305 e. The first-order valence-corrected chi connectivity index (χ1v) is 4.86. The second-order valence-electron chi connectivity index (χ2n) is 2.77. The van der Waals surface area contributed by atoms with Gasteiger partial charge in [0.05, 0.1) is 7.11 Å². The van der Waals surface area contributed by atoms with E-state index in [0.29, 0.717) is 18.1 Å². The molecule has 0 amide bonds. The van der Waals surface area contributed by atoms with Gasteiger partial charge in [0.1, 0.15) is 0 Å². The highest BCUT2D eigenvalue weighted by atomic mass is 32.2. The monoisotopic (exact) mass is 188 g/mol. The molecule has 68 valence electrons. The summed E-state index contributed by atoms with van der Waals surface area (Å²) < 4.78 is 4.50. The van der Waals surface area contributed by atoms with Gasteiger partial charge in [-0.1, -0.05) is 11.8 Å². The Balaban J connectivity index is 2.16. The molecule has 0 radical (unpaired) electrons. The zero-order chi connectivity index (χ0) is 8.97. The molecule has 1 fully saturated rings. The molecular weight excluding hydrogens is 176 g/mol. The Bertz CT molecular complexity index is 191. The third-order valence-corrected chi connectivity index (χ3v) is 3.14. The minimum absolute atomic E-state index is 0.185. The lowest BCUT2D eigenvalue weighted by Gasteiger charge is -2.04. The largest absolute Gasteiger partial charge is 0.469 e. The summed E-state index contributed by atoms with van der Waals surface area (Å²) in [4.78, 5) is 21.5. The summed E-state index contributed by atoms with van der Waals surface area (Å²) >= 11 is 1.37. The van der Waals surface area contributed by atoms with Crippen LogP contribution in [0, 0.1) is 0 Å².